The van der Waals surface area contributed by atoms with Crippen molar-refractivity contribution in [1.29, 1.82) is 0 Å². The highest BCUT2D eigenvalue weighted by molar-refractivity contribution is 7.46. The molecule has 0 aliphatic carbocycles. The second-order valence-corrected chi connectivity index (χ2v) is 7.51. The van der Waals surface area contributed by atoms with Gasteiger partial charge in [0.25, 0.3) is 5.56 Å². The summed E-state index contributed by atoms with van der Waals surface area (Å²) in [5.74, 6) is 0. The number of aromatic nitrogens is 2. The lowest BCUT2D eigenvalue weighted by molar-refractivity contribution is -0.0451. The quantitative estimate of drug-likeness (QED) is 0.247. The van der Waals surface area contributed by atoms with Gasteiger partial charge >= 0.3 is 13.5 Å². The molecular formula is C14H23N2O10P. The first-order chi connectivity index (χ1) is 12.6. The molecule has 2 rings (SSSR count). The molecule has 1 fully saturated rings. The van der Waals surface area contributed by atoms with Crippen molar-refractivity contribution in [2.45, 2.75) is 50.2 Å². The number of phosphoric ester groups is 1. The number of rotatable bonds is 9. The Balaban J connectivity index is 2.09. The maximum absolute atomic E-state index is 12.1. The van der Waals surface area contributed by atoms with Gasteiger partial charge in [0.05, 0.1) is 25.4 Å². The molecule has 6 N–H and O–H groups in total. The summed E-state index contributed by atoms with van der Waals surface area (Å²) in [6.07, 6.45) is -1.85. The highest BCUT2D eigenvalue weighted by Crippen LogP contribution is 2.38. The molecule has 4 atom stereocenters. The van der Waals surface area contributed by atoms with Crippen molar-refractivity contribution in [3.63, 3.8) is 0 Å². The smallest absolute Gasteiger partial charge is 0.394 e. The summed E-state index contributed by atoms with van der Waals surface area (Å²) >= 11 is 0. The van der Waals surface area contributed by atoms with Crippen LogP contribution in [0.1, 0.15) is 31.1 Å². The van der Waals surface area contributed by atoms with Crippen LogP contribution in [-0.2, 0) is 20.2 Å². The molecule has 1 saturated heterocycles. The number of nitrogens with zero attached hydrogens (tertiary/aromatic N) is 1. The predicted molar refractivity (Wildman–Crippen MR) is 89.9 cm³/mol. The van der Waals surface area contributed by atoms with E-state index in [1.165, 1.54) is 6.20 Å². The second-order valence-electron chi connectivity index (χ2n) is 6.27. The number of ether oxygens (including phenoxy) is 1. The molecule has 2 heterocycles. The molecule has 0 radical (unpaired) electrons. The number of aliphatic hydroxyl groups is 3. The maximum atomic E-state index is 12.1. The minimum absolute atomic E-state index is 0.0379. The van der Waals surface area contributed by atoms with Gasteiger partial charge in [-0.1, -0.05) is 0 Å². The average Bonchev–Trinajstić information content (AvgIpc) is 2.94. The van der Waals surface area contributed by atoms with Gasteiger partial charge in [-0.25, -0.2) is 9.36 Å². The predicted octanol–water partition coefficient (Wildman–Crippen LogP) is -2.03. The molecule has 1 aromatic rings. The molecule has 1 aromatic heterocycles. The lowest BCUT2D eigenvalue weighted by atomic mass is 10.1. The fourth-order valence-electron chi connectivity index (χ4n) is 2.74. The van der Waals surface area contributed by atoms with Crippen LogP contribution < -0.4 is 11.2 Å². The summed E-state index contributed by atoms with van der Waals surface area (Å²) in [4.78, 5) is 43.6. The van der Waals surface area contributed by atoms with Crippen molar-refractivity contribution in [3.8, 4) is 0 Å². The lowest BCUT2D eigenvalue weighted by Gasteiger charge is -2.17. The molecule has 0 bridgehead atoms. The van der Waals surface area contributed by atoms with E-state index in [4.69, 9.17) is 19.6 Å². The van der Waals surface area contributed by atoms with Gasteiger partial charge in [0.2, 0.25) is 0 Å². The summed E-state index contributed by atoms with van der Waals surface area (Å²) in [6, 6.07) is 0. The molecule has 0 saturated carbocycles. The summed E-state index contributed by atoms with van der Waals surface area (Å²) in [7, 11) is -4.73. The van der Waals surface area contributed by atoms with Crippen LogP contribution in [0.15, 0.2) is 15.8 Å². The molecule has 1 aliphatic rings. The highest BCUT2D eigenvalue weighted by atomic mass is 31.2. The Hall–Kier alpha value is -1.37. The second kappa shape index (κ2) is 9.22. The summed E-state index contributed by atoms with van der Waals surface area (Å²) in [5, 5.41) is 28.1. The Morgan fingerprint density at radius 2 is 2.11 bits per heavy atom. The van der Waals surface area contributed by atoms with Crippen LogP contribution in [0.5, 0.6) is 0 Å². The van der Waals surface area contributed by atoms with E-state index in [1.807, 2.05) is 0 Å². The number of aryl methyl sites for hydroxylation is 1. The van der Waals surface area contributed by atoms with Gasteiger partial charge in [-0.05, 0) is 19.3 Å². The number of H-pyrrole nitrogens is 1. The molecule has 154 valence electrons. The third-order valence-corrected chi connectivity index (χ3v) is 4.64. The van der Waals surface area contributed by atoms with Crippen molar-refractivity contribution >= 4 is 7.82 Å². The first-order valence-electron chi connectivity index (χ1n) is 8.27. The van der Waals surface area contributed by atoms with E-state index in [-0.39, 0.29) is 31.4 Å². The third kappa shape index (κ3) is 6.33. The number of hydrogen-bond acceptors (Lipinski definition) is 8. The Bertz CT molecular complexity index is 787. The minimum Gasteiger partial charge on any atom is -0.394 e. The molecule has 4 unspecified atom stereocenters. The molecule has 0 spiro atoms. The molecular weight excluding hydrogens is 387 g/mol. The van der Waals surface area contributed by atoms with Crippen molar-refractivity contribution < 1.29 is 38.9 Å². The number of phosphoric acid groups is 1. The van der Waals surface area contributed by atoms with Gasteiger partial charge in [0.1, 0.15) is 12.3 Å². The SMILES string of the molecule is O=c1[nH]c(=O)n(C2CC(O)C(COP(=O)(O)O)O2)cc1CCCC(O)CO. The molecule has 12 nitrogen and oxygen atoms in total. The van der Waals surface area contributed by atoms with Crippen LogP contribution in [0.2, 0.25) is 0 Å². The number of nitrogens with one attached hydrogen (secondary N) is 1. The van der Waals surface area contributed by atoms with E-state index in [2.05, 4.69) is 9.51 Å². The van der Waals surface area contributed by atoms with E-state index in [1.54, 1.807) is 0 Å². The fraction of sp³-hybridized carbons (Fsp3) is 0.714. The van der Waals surface area contributed by atoms with Gasteiger partial charge in [0.15, 0.2) is 0 Å². The summed E-state index contributed by atoms with van der Waals surface area (Å²) < 4.78 is 21.6. The zero-order valence-corrected chi connectivity index (χ0v) is 15.2. The van der Waals surface area contributed by atoms with E-state index in [0.717, 1.165) is 4.57 Å². The number of aromatic amines is 1. The maximum Gasteiger partial charge on any atom is 0.469 e. The Labute approximate surface area is 153 Å². The Morgan fingerprint density at radius 3 is 2.74 bits per heavy atom. The van der Waals surface area contributed by atoms with Crippen molar-refractivity contribution in [2.75, 3.05) is 13.2 Å². The lowest BCUT2D eigenvalue weighted by Crippen LogP contribution is -2.34. The van der Waals surface area contributed by atoms with Crippen molar-refractivity contribution in [1.82, 2.24) is 9.55 Å². The van der Waals surface area contributed by atoms with Gasteiger partial charge < -0.3 is 29.8 Å². The Morgan fingerprint density at radius 1 is 1.41 bits per heavy atom. The monoisotopic (exact) mass is 410 g/mol. The first kappa shape index (κ1) is 21.9. The van der Waals surface area contributed by atoms with Crippen LogP contribution >= 0.6 is 7.82 Å². The zero-order valence-electron chi connectivity index (χ0n) is 14.3. The largest absolute Gasteiger partial charge is 0.469 e. The molecule has 13 heteroatoms. The van der Waals surface area contributed by atoms with Crippen LogP contribution in [0.25, 0.3) is 0 Å². The van der Waals surface area contributed by atoms with Crippen LogP contribution in [0, 0.1) is 0 Å². The van der Waals surface area contributed by atoms with E-state index < -0.39 is 50.2 Å². The third-order valence-electron chi connectivity index (χ3n) is 4.16. The van der Waals surface area contributed by atoms with E-state index in [0.29, 0.717) is 6.42 Å². The number of hydrogen-bond donors (Lipinski definition) is 6. The molecule has 27 heavy (non-hydrogen) atoms. The van der Waals surface area contributed by atoms with Gasteiger partial charge in [-0.2, -0.15) is 0 Å². The van der Waals surface area contributed by atoms with Crippen LogP contribution in [-0.4, -0.2) is 66.2 Å². The molecule has 1 aliphatic heterocycles. The topological polar surface area (TPSA) is 192 Å². The number of aliphatic hydroxyl groups excluding tert-OH is 3. The molecule has 0 aromatic carbocycles. The first-order valence-corrected chi connectivity index (χ1v) is 9.80. The molecule has 0 amide bonds. The van der Waals surface area contributed by atoms with Crippen LogP contribution in [0.4, 0.5) is 0 Å². The fourth-order valence-corrected chi connectivity index (χ4v) is 3.09. The average molecular weight is 410 g/mol. The Kier molecular flexibility index (Phi) is 7.48. The van der Waals surface area contributed by atoms with Crippen molar-refractivity contribution in [3.05, 3.63) is 32.6 Å². The zero-order chi connectivity index (χ0) is 20.2. The standard InChI is InChI=1S/C14H23N2O10P/c17-6-9(18)3-1-2-8-5-16(14(21)15-13(8)20)12-4-10(19)11(26-12)7-25-27(22,23)24/h5,9-12,17-19H,1-4,6-7H2,(H,15,20,21)(H2,22,23,24). The van der Waals surface area contributed by atoms with Crippen molar-refractivity contribution in [2.24, 2.45) is 0 Å². The van der Waals surface area contributed by atoms with Gasteiger partial charge in [-0.3, -0.25) is 18.9 Å². The van der Waals surface area contributed by atoms with Gasteiger partial charge in [0, 0.05) is 18.2 Å². The summed E-state index contributed by atoms with van der Waals surface area (Å²) in [6.45, 7) is -0.951. The minimum atomic E-state index is -4.73. The normalized spacial score (nSPS) is 24.3. The van der Waals surface area contributed by atoms with E-state index >= 15 is 0 Å². The van der Waals surface area contributed by atoms with Crippen LogP contribution in [0.3, 0.4) is 0 Å². The highest BCUT2D eigenvalue weighted by Gasteiger charge is 2.37. The summed E-state index contributed by atoms with van der Waals surface area (Å²) in [5.41, 5.74) is -1.09. The van der Waals surface area contributed by atoms with Gasteiger partial charge in [-0.15, -0.1) is 0 Å². The van der Waals surface area contributed by atoms with E-state index in [9.17, 15) is 24.4 Å².